The highest BCUT2D eigenvalue weighted by Gasteiger charge is 2.45. The Balaban J connectivity index is 1.16. The number of aryl methyl sites for hydroxylation is 1. The number of hydrogen-bond acceptors (Lipinski definition) is 11. The molecular formula is C56H74F2N10O7. The van der Waals surface area contributed by atoms with Gasteiger partial charge in [-0.1, -0.05) is 40.3 Å². The molecule has 2 N–H and O–H groups in total. The number of cyclic esters (lactones) is 1. The van der Waals surface area contributed by atoms with Crippen LogP contribution >= 0.6 is 0 Å². The van der Waals surface area contributed by atoms with Crippen molar-refractivity contribution in [2.24, 2.45) is 11.3 Å². The van der Waals surface area contributed by atoms with Crippen LogP contribution in [0.25, 0.3) is 33.4 Å². The number of urea groups is 1. The molecule has 3 fully saturated rings. The Labute approximate surface area is 438 Å². The fourth-order valence-corrected chi connectivity index (χ4v) is 11.6. The molecule has 19 heteroatoms. The summed E-state index contributed by atoms with van der Waals surface area (Å²) < 4.78 is 44.3. The first-order valence-electron chi connectivity index (χ1n) is 26.3. The number of pyridine rings is 2. The quantitative estimate of drug-likeness (QED) is 0.124. The lowest BCUT2D eigenvalue weighted by Crippen LogP contribution is -2.66. The number of amides is 5. The number of fused-ring (bicyclic) bond motifs is 6. The zero-order chi connectivity index (χ0) is 54.1. The number of piperidine rings is 1. The largest absolute Gasteiger partial charge is 0.464 e. The van der Waals surface area contributed by atoms with E-state index in [4.69, 9.17) is 19.4 Å². The fourth-order valence-electron chi connectivity index (χ4n) is 11.6. The van der Waals surface area contributed by atoms with Crippen LogP contribution in [0.2, 0.25) is 0 Å². The van der Waals surface area contributed by atoms with Gasteiger partial charge in [0.25, 0.3) is 12.3 Å². The van der Waals surface area contributed by atoms with Crippen molar-refractivity contribution in [3.63, 3.8) is 0 Å². The summed E-state index contributed by atoms with van der Waals surface area (Å²) in [6.45, 7) is 18.7. The van der Waals surface area contributed by atoms with Crippen LogP contribution in [0.5, 0.6) is 0 Å². The van der Waals surface area contributed by atoms with E-state index in [1.54, 1.807) is 30.2 Å². The molecule has 7 heterocycles. The van der Waals surface area contributed by atoms with Crippen molar-refractivity contribution >= 4 is 40.6 Å². The summed E-state index contributed by atoms with van der Waals surface area (Å²) in [7, 11) is 5.25. The van der Waals surface area contributed by atoms with E-state index >= 15 is 8.78 Å². The molecule has 1 spiro atoms. The second-order valence-corrected chi connectivity index (χ2v) is 21.9. The predicted octanol–water partition coefficient (Wildman–Crippen LogP) is 6.95. The normalized spacial score (nSPS) is 21.2. The van der Waals surface area contributed by atoms with E-state index in [-0.39, 0.29) is 60.1 Å². The molecule has 1 aromatic carbocycles. The summed E-state index contributed by atoms with van der Waals surface area (Å²) in [6.07, 6.45) is 2.02. The molecule has 4 aromatic rings. The minimum atomic E-state index is -2.90. The molecule has 3 aromatic heterocycles. The summed E-state index contributed by atoms with van der Waals surface area (Å²) in [5, 5.41) is 5.09. The highest BCUT2D eigenvalue weighted by atomic mass is 19.3. The van der Waals surface area contributed by atoms with E-state index in [1.165, 1.54) is 28.1 Å². The first-order chi connectivity index (χ1) is 35.7. The lowest BCUT2D eigenvalue weighted by atomic mass is 9.83. The number of aromatic nitrogens is 3. The van der Waals surface area contributed by atoms with Crippen LogP contribution in [-0.2, 0) is 48.0 Å². The van der Waals surface area contributed by atoms with Gasteiger partial charge in [0.1, 0.15) is 18.1 Å². The highest BCUT2D eigenvalue weighted by molar-refractivity contribution is 5.96. The Morgan fingerprint density at radius 1 is 1.04 bits per heavy atom. The number of nitrogens with one attached hydrogen (secondary N) is 2. The first kappa shape index (κ1) is 54.9. The lowest BCUT2D eigenvalue weighted by molar-refractivity contribution is -0.155. The number of carbonyl (C=O) groups is 5. The minimum Gasteiger partial charge on any atom is -0.464 e. The molecule has 4 aliphatic rings. The van der Waals surface area contributed by atoms with E-state index in [0.717, 1.165) is 33.4 Å². The van der Waals surface area contributed by atoms with Gasteiger partial charge in [0.15, 0.2) is 0 Å². The molecule has 4 aliphatic heterocycles. The Kier molecular flexibility index (Phi) is 16.5. The van der Waals surface area contributed by atoms with E-state index in [0.29, 0.717) is 76.9 Å². The summed E-state index contributed by atoms with van der Waals surface area (Å²) in [5.74, 6) is -2.31. The highest BCUT2D eigenvalue weighted by Crippen LogP contribution is 2.42. The number of ether oxygens (including phenoxy) is 2. The Morgan fingerprint density at radius 2 is 1.79 bits per heavy atom. The summed E-state index contributed by atoms with van der Waals surface area (Å²) in [6, 6.07) is 8.63. The number of nitrogens with zero attached hydrogens (tertiary/aromatic N) is 8. The average Bonchev–Trinajstić information content (AvgIpc) is 3.70. The number of piperazine rings is 1. The van der Waals surface area contributed by atoms with Crippen molar-refractivity contribution in [1.82, 2.24) is 49.9 Å². The number of carbonyl (C=O) groups excluding carboxylic acids is 5. The first-order valence-corrected chi connectivity index (χ1v) is 26.3. The van der Waals surface area contributed by atoms with E-state index in [9.17, 15) is 24.0 Å². The standard InChI is InChI=1S/C56H74F2N10O7/c1-11-46(69)66-26-25-63(8)56(32-66)19-23-65(24-20-56)54(73)64(9)48(34(3)4)51(70)61-44-30-38-27-37(50(57)58)29-43(60-38)36-17-18-45-40(28-36)41(49(67(45)12-2)39-15-13-21-59-47(39)35(5)74-10)31-55(6,7)33-75-53(72)42-16-14-22-68(62-42)52(44)71/h11,13,15,17-18,21,27-29,34-35,42,44,48,50,62H,1,12,14,16,19-20,22-26,30-33H2,2-10H3,(H,61,70)/t35-,42-,44-,48-/m0/s1. The third-order valence-electron chi connectivity index (χ3n) is 15.9. The molecule has 4 atom stereocenters. The molecule has 0 saturated carbocycles. The maximum absolute atomic E-state index is 15.1. The monoisotopic (exact) mass is 1040 g/mol. The van der Waals surface area contributed by atoms with Gasteiger partial charge in [-0.15, -0.1) is 0 Å². The van der Waals surface area contributed by atoms with E-state index in [2.05, 4.69) is 33.7 Å². The van der Waals surface area contributed by atoms with Crippen LogP contribution in [0.4, 0.5) is 13.6 Å². The lowest BCUT2D eigenvalue weighted by Gasteiger charge is -2.53. The molecular weight excluding hydrogens is 963 g/mol. The fraction of sp³-hybridized carbons (Fsp3) is 0.554. The molecule has 75 heavy (non-hydrogen) atoms. The van der Waals surface area contributed by atoms with Crippen molar-refractivity contribution in [3.8, 4) is 22.5 Å². The number of alkyl halides is 2. The van der Waals surface area contributed by atoms with Crippen LogP contribution < -0.4 is 10.7 Å². The number of likely N-dealkylation sites (tertiary alicyclic amines) is 1. The molecule has 0 aliphatic carbocycles. The zero-order valence-corrected chi connectivity index (χ0v) is 45.0. The zero-order valence-electron chi connectivity index (χ0n) is 45.0. The van der Waals surface area contributed by atoms with Gasteiger partial charge in [-0.3, -0.25) is 39.1 Å². The number of benzene rings is 1. The van der Waals surface area contributed by atoms with Crippen LogP contribution in [0, 0.1) is 11.3 Å². The molecule has 0 unspecified atom stereocenters. The number of hydrogen-bond donors (Lipinski definition) is 2. The molecule has 17 nitrogen and oxygen atoms in total. The number of likely N-dealkylation sites (N-methyl/N-ethyl adjacent to an activating group) is 2. The SMILES string of the molecule is C=CC(=O)N1CCN(C)C2(CCN(C(=O)N(C)[C@H](C(=O)N[C@H]3Cc4cc(C(F)F)cc(n4)-c4ccc5c(c4)c(c(-c4cccnc4[C@H](C)OC)n5CC)CC(C)(C)COC(=O)[C@@H]4CCCN(N4)C3=O)C(C)C)CC2)C1. The Hall–Kier alpha value is -6.31. The molecule has 6 bridgehead atoms. The average molecular weight is 1040 g/mol. The molecule has 0 radical (unpaired) electrons. The van der Waals surface area contributed by atoms with Gasteiger partial charge in [-0.2, -0.15) is 0 Å². The number of rotatable bonds is 10. The van der Waals surface area contributed by atoms with Gasteiger partial charge in [-0.05, 0) is 107 Å². The smallest absolute Gasteiger partial charge is 0.324 e. The maximum atomic E-state index is 15.1. The number of hydrazine groups is 1. The third-order valence-corrected chi connectivity index (χ3v) is 15.9. The molecule has 404 valence electrons. The molecule has 3 saturated heterocycles. The Morgan fingerprint density at radius 3 is 2.47 bits per heavy atom. The van der Waals surface area contributed by atoms with Gasteiger partial charge in [-0.25, -0.2) is 19.0 Å². The van der Waals surface area contributed by atoms with E-state index < -0.39 is 53.7 Å². The van der Waals surface area contributed by atoms with Crippen LogP contribution in [0.1, 0.15) is 102 Å². The summed E-state index contributed by atoms with van der Waals surface area (Å²) in [5.41, 5.74) is 7.15. The summed E-state index contributed by atoms with van der Waals surface area (Å²) in [4.78, 5) is 87.6. The second kappa shape index (κ2) is 22.5. The predicted molar refractivity (Wildman–Crippen MR) is 281 cm³/mol. The number of methoxy groups -OCH3 is 1. The van der Waals surface area contributed by atoms with Gasteiger partial charge >= 0.3 is 12.0 Å². The van der Waals surface area contributed by atoms with Crippen molar-refractivity contribution in [1.29, 1.82) is 0 Å². The van der Waals surface area contributed by atoms with Crippen molar-refractivity contribution in [3.05, 3.63) is 83.8 Å². The topological polar surface area (TPSA) is 175 Å². The van der Waals surface area contributed by atoms with Gasteiger partial charge < -0.3 is 34.1 Å². The van der Waals surface area contributed by atoms with Crippen LogP contribution in [0.15, 0.2) is 61.3 Å². The third kappa shape index (κ3) is 11.3. The second-order valence-electron chi connectivity index (χ2n) is 21.9. The van der Waals surface area contributed by atoms with Crippen molar-refractivity contribution in [2.45, 2.75) is 123 Å². The van der Waals surface area contributed by atoms with Crippen LogP contribution in [-0.4, -0.2) is 160 Å². The van der Waals surface area contributed by atoms with Crippen LogP contribution in [0.3, 0.4) is 0 Å². The minimum absolute atomic E-state index is 0.0395. The van der Waals surface area contributed by atoms with Gasteiger partial charge in [0.2, 0.25) is 11.8 Å². The Bertz CT molecular complexity index is 2810. The van der Waals surface area contributed by atoms with Crippen molar-refractivity contribution < 1.29 is 42.2 Å². The maximum Gasteiger partial charge on any atom is 0.324 e. The molecule has 8 rings (SSSR count). The number of halogens is 2. The van der Waals surface area contributed by atoms with Gasteiger partial charge in [0, 0.05) is 117 Å². The summed E-state index contributed by atoms with van der Waals surface area (Å²) >= 11 is 0. The van der Waals surface area contributed by atoms with E-state index in [1.807, 2.05) is 72.0 Å². The van der Waals surface area contributed by atoms with Crippen molar-refractivity contribution in [2.75, 3.05) is 67.1 Å². The molecule has 5 amide bonds. The number of esters is 1. The van der Waals surface area contributed by atoms with Gasteiger partial charge in [0.05, 0.1) is 29.8 Å².